The molecule has 144 valence electrons. The molecule has 1 fully saturated rings. The second-order valence-corrected chi connectivity index (χ2v) is 8.09. The number of rotatable bonds is 2. The van der Waals surface area contributed by atoms with Crippen LogP contribution in [0.2, 0.25) is 0 Å². The molecule has 1 spiro atoms. The molecule has 0 saturated carbocycles. The van der Waals surface area contributed by atoms with E-state index in [2.05, 4.69) is 45.6 Å². The Morgan fingerprint density at radius 2 is 1.90 bits per heavy atom. The van der Waals surface area contributed by atoms with Gasteiger partial charge < -0.3 is 14.7 Å². The molecule has 4 aromatic rings. The summed E-state index contributed by atoms with van der Waals surface area (Å²) in [4.78, 5) is 13.0. The van der Waals surface area contributed by atoms with E-state index in [1.807, 2.05) is 30.6 Å². The lowest BCUT2D eigenvalue weighted by molar-refractivity contribution is 0.307. The molecule has 5 nitrogen and oxygen atoms in total. The number of pyridine rings is 1. The Morgan fingerprint density at radius 3 is 2.79 bits per heavy atom. The average molecular weight is 382 g/mol. The van der Waals surface area contributed by atoms with Gasteiger partial charge >= 0.3 is 0 Å². The van der Waals surface area contributed by atoms with Gasteiger partial charge in [-0.1, -0.05) is 18.2 Å². The van der Waals surface area contributed by atoms with E-state index in [9.17, 15) is 0 Å². The largest absolute Gasteiger partial charge is 0.454 e. The van der Waals surface area contributed by atoms with Crippen LogP contribution in [0, 0.1) is 0 Å². The lowest BCUT2D eigenvalue weighted by Crippen LogP contribution is -2.44. The van der Waals surface area contributed by atoms with Crippen LogP contribution in [0.3, 0.4) is 0 Å². The number of nitrogens with zero attached hydrogens (tertiary/aromatic N) is 2. The average Bonchev–Trinajstić information content (AvgIpc) is 3.40. The van der Waals surface area contributed by atoms with Gasteiger partial charge in [0.05, 0.1) is 6.54 Å². The molecule has 2 aliphatic heterocycles. The van der Waals surface area contributed by atoms with Crippen LogP contribution in [0.25, 0.3) is 33.7 Å². The van der Waals surface area contributed by atoms with Crippen molar-refractivity contribution < 1.29 is 4.42 Å². The first kappa shape index (κ1) is 16.7. The van der Waals surface area contributed by atoms with E-state index in [1.54, 1.807) is 0 Å². The number of nitrogens with one attached hydrogen (secondary N) is 2. The Bertz CT molecular complexity index is 1190. The van der Waals surface area contributed by atoms with Gasteiger partial charge in [0, 0.05) is 45.7 Å². The standard InChI is InChI=1S/C24H22N4O/c1-2-4-21-17(3-1)13-22(29-21)20-11-16(5-8-27-20)19-12-18-14-26-15-24(23(18)28-19)6-9-25-10-7-24/h1-5,8,11-14,25,28H,6-7,9-10,15H2. The van der Waals surface area contributed by atoms with Crippen molar-refractivity contribution >= 4 is 17.2 Å². The van der Waals surface area contributed by atoms with Gasteiger partial charge in [-0.15, -0.1) is 0 Å². The number of hydrogen-bond donors (Lipinski definition) is 2. The van der Waals surface area contributed by atoms with E-state index in [4.69, 9.17) is 9.41 Å². The van der Waals surface area contributed by atoms with Crippen LogP contribution in [0.5, 0.6) is 0 Å². The molecule has 0 radical (unpaired) electrons. The molecule has 3 aromatic heterocycles. The number of piperidine rings is 1. The minimum atomic E-state index is 0.141. The molecule has 0 bridgehead atoms. The van der Waals surface area contributed by atoms with E-state index < -0.39 is 0 Å². The topological polar surface area (TPSA) is 66.2 Å². The fourth-order valence-corrected chi connectivity index (χ4v) is 4.72. The van der Waals surface area contributed by atoms with Crippen molar-refractivity contribution in [2.45, 2.75) is 18.3 Å². The smallest absolute Gasteiger partial charge is 0.153 e. The van der Waals surface area contributed by atoms with Crippen LogP contribution >= 0.6 is 0 Å². The van der Waals surface area contributed by atoms with Gasteiger partial charge in [0.1, 0.15) is 11.3 Å². The van der Waals surface area contributed by atoms with Gasteiger partial charge in [-0.2, -0.15) is 0 Å². The number of para-hydroxylation sites is 1. The van der Waals surface area contributed by atoms with Crippen molar-refractivity contribution in [3.05, 3.63) is 66.0 Å². The molecule has 0 amide bonds. The summed E-state index contributed by atoms with van der Waals surface area (Å²) in [6, 6.07) is 16.5. The molecule has 0 atom stereocenters. The van der Waals surface area contributed by atoms with Crippen molar-refractivity contribution in [3.63, 3.8) is 0 Å². The summed E-state index contributed by atoms with van der Waals surface area (Å²) >= 11 is 0. The minimum absolute atomic E-state index is 0.141. The Balaban J connectivity index is 1.41. The Kier molecular flexibility index (Phi) is 3.71. The van der Waals surface area contributed by atoms with E-state index in [0.29, 0.717) is 0 Å². The maximum atomic E-state index is 6.02. The number of aromatic nitrogens is 2. The van der Waals surface area contributed by atoms with Gasteiger partial charge in [0.15, 0.2) is 5.76 Å². The summed E-state index contributed by atoms with van der Waals surface area (Å²) in [6.45, 7) is 2.98. The van der Waals surface area contributed by atoms with Crippen molar-refractivity contribution in [1.82, 2.24) is 15.3 Å². The lowest BCUT2D eigenvalue weighted by atomic mass is 9.74. The SMILES string of the molecule is C1=NCC2(CCNCC2)c2[nH]c(-c3ccnc(-c4cc5ccccc5o4)c3)cc21. The third-order valence-electron chi connectivity index (χ3n) is 6.31. The summed E-state index contributed by atoms with van der Waals surface area (Å²) < 4.78 is 6.02. The fraction of sp³-hybridized carbons (Fsp3) is 0.250. The Hall–Kier alpha value is -3.18. The van der Waals surface area contributed by atoms with E-state index in [-0.39, 0.29) is 5.41 Å². The predicted octanol–water partition coefficient (Wildman–Crippen LogP) is 4.54. The van der Waals surface area contributed by atoms with Gasteiger partial charge in [0.25, 0.3) is 0 Å². The lowest BCUT2D eigenvalue weighted by Gasteiger charge is -2.38. The number of aliphatic imine (C=N–C) groups is 1. The van der Waals surface area contributed by atoms with Gasteiger partial charge in [-0.05, 0) is 56.3 Å². The zero-order valence-corrected chi connectivity index (χ0v) is 16.1. The molecule has 2 aliphatic rings. The summed E-state index contributed by atoms with van der Waals surface area (Å²) in [6.07, 6.45) is 6.12. The first-order chi connectivity index (χ1) is 14.3. The molecule has 29 heavy (non-hydrogen) atoms. The van der Waals surface area contributed by atoms with Gasteiger partial charge in [-0.25, -0.2) is 0 Å². The normalized spacial score (nSPS) is 17.7. The van der Waals surface area contributed by atoms with Crippen LogP contribution in [0.15, 0.2) is 64.1 Å². The van der Waals surface area contributed by atoms with Crippen LogP contribution in [-0.2, 0) is 5.41 Å². The van der Waals surface area contributed by atoms with Crippen molar-refractivity contribution in [2.75, 3.05) is 19.6 Å². The molecule has 1 aromatic carbocycles. The van der Waals surface area contributed by atoms with Crippen LogP contribution in [0.1, 0.15) is 24.1 Å². The molecule has 6 rings (SSSR count). The Morgan fingerprint density at radius 1 is 1.00 bits per heavy atom. The Labute approximate surface area is 168 Å². The highest BCUT2D eigenvalue weighted by atomic mass is 16.3. The highest BCUT2D eigenvalue weighted by Crippen LogP contribution is 2.39. The first-order valence-corrected chi connectivity index (χ1v) is 10.2. The number of aromatic amines is 1. The summed E-state index contributed by atoms with van der Waals surface area (Å²) in [5.74, 6) is 0.792. The summed E-state index contributed by atoms with van der Waals surface area (Å²) in [5.41, 5.74) is 6.65. The van der Waals surface area contributed by atoms with Crippen LogP contribution in [-0.4, -0.2) is 35.8 Å². The molecule has 0 aliphatic carbocycles. The quantitative estimate of drug-likeness (QED) is 0.535. The second kappa shape index (κ2) is 6.42. The third kappa shape index (κ3) is 2.73. The number of hydrogen-bond acceptors (Lipinski definition) is 4. The molecule has 5 heteroatoms. The first-order valence-electron chi connectivity index (χ1n) is 10.2. The van der Waals surface area contributed by atoms with E-state index in [0.717, 1.165) is 66.2 Å². The number of fused-ring (bicyclic) bond motifs is 3. The van der Waals surface area contributed by atoms with E-state index >= 15 is 0 Å². The van der Waals surface area contributed by atoms with Crippen molar-refractivity contribution in [3.8, 4) is 22.7 Å². The zero-order chi connectivity index (χ0) is 19.3. The van der Waals surface area contributed by atoms with Gasteiger partial charge in [-0.3, -0.25) is 9.98 Å². The second-order valence-electron chi connectivity index (χ2n) is 8.09. The summed E-state index contributed by atoms with van der Waals surface area (Å²) in [5, 5.41) is 4.57. The molecule has 0 unspecified atom stereocenters. The van der Waals surface area contributed by atoms with Crippen LogP contribution < -0.4 is 5.32 Å². The molecule has 5 heterocycles. The fourth-order valence-electron chi connectivity index (χ4n) is 4.72. The molecular formula is C24H22N4O. The van der Waals surface area contributed by atoms with Crippen LogP contribution in [0.4, 0.5) is 0 Å². The predicted molar refractivity (Wildman–Crippen MR) is 115 cm³/mol. The summed E-state index contributed by atoms with van der Waals surface area (Å²) in [7, 11) is 0. The zero-order valence-electron chi connectivity index (χ0n) is 16.1. The minimum Gasteiger partial charge on any atom is -0.454 e. The maximum Gasteiger partial charge on any atom is 0.153 e. The highest BCUT2D eigenvalue weighted by Gasteiger charge is 2.38. The third-order valence-corrected chi connectivity index (χ3v) is 6.31. The number of furan rings is 1. The number of H-pyrrole nitrogens is 1. The monoisotopic (exact) mass is 382 g/mol. The van der Waals surface area contributed by atoms with Crippen molar-refractivity contribution in [2.24, 2.45) is 4.99 Å². The maximum absolute atomic E-state index is 6.02. The highest BCUT2D eigenvalue weighted by molar-refractivity contribution is 5.87. The molecule has 1 saturated heterocycles. The molecular weight excluding hydrogens is 360 g/mol. The molecule has 2 N–H and O–H groups in total. The van der Waals surface area contributed by atoms with E-state index in [1.165, 1.54) is 11.3 Å². The van der Waals surface area contributed by atoms with Gasteiger partial charge in [0.2, 0.25) is 0 Å². The number of benzene rings is 1. The van der Waals surface area contributed by atoms with Crippen molar-refractivity contribution in [1.29, 1.82) is 0 Å².